The predicted molar refractivity (Wildman–Crippen MR) is 181 cm³/mol. The Balaban J connectivity index is 1.54. The number of ether oxygens (including phenoxy) is 1. The summed E-state index contributed by atoms with van der Waals surface area (Å²) in [7, 11) is -8.82. The minimum Gasteiger partial charge on any atom is -0.478 e. The van der Waals surface area contributed by atoms with E-state index in [1.165, 1.54) is 6.07 Å². The Kier molecular flexibility index (Phi) is 11.0. The van der Waals surface area contributed by atoms with E-state index in [9.17, 15) is 27.6 Å². The summed E-state index contributed by atoms with van der Waals surface area (Å²) in [6.45, 7) is 13.5. The number of hydrogen-bond acceptors (Lipinski definition) is 7. The summed E-state index contributed by atoms with van der Waals surface area (Å²) >= 11 is 0. The Morgan fingerprint density at radius 2 is 1.62 bits per heavy atom. The largest absolute Gasteiger partial charge is 0.478 e. The van der Waals surface area contributed by atoms with Gasteiger partial charge < -0.3 is 19.8 Å². The zero-order valence-corrected chi connectivity index (χ0v) is 29.9. The van der Waals surface area contributed by atoms with Gasteiger partial charge in [0, 0.05) is 23.4 Å². The summed E-state index contributed by atoms with van der Waals surface area (Å²) in [5.74, 6) is -0.244. The van der Waals surface area contributed by atoms with E-state index >= 15 is 0 Å². The fraction of sp³-hybridized carbons (Fsp3) is 0.529. The van der Waals surface area contributed by atoms with E-state index in [1.807, 2.05) is 78.8 Å². The van der Waals surface area contributed by atoms with Gasteiger partial charge >= 0.3 is 7.82 Å². The zero-order chi connectivity index (χ0) is 34.8. The Bertz CT molecular complexity index is 1710. The molecule has 0 bridgehead atoms. The van der Waals surface area contributed by atoms with Gasteiger partial charge in [-0.05, 0) is 73.3 Å². The van der Waals surface area contributed by atoms with Crippen molar-refractivity contribution in [3.63, 3.8) is 0 Å². The van der Waals surface area contributed by atoms with E-state index in [4.69, 9.17) is 9.26 Å². The van der Waals surface area contributed by atoms with Crippen LogP contribution in [-0.2, 0) is 29.4 Å². The summed E-state index contributed by atoms with van der Waals surface area (Å²) < 4.78 is 52.9. The summed E-state index contributed by atoms with van der Waals surface area (Å²) in [6, 6.07) is 17.0. The van der Waals surface area contributed by atoms with Crippen LogP contribution in [0.1, 0.15) is 79.7 Å². The third-order valence-corrected chi connectivity index (χ3v) is 10.8. The number of nitrogens with zero attached hydrogens (tertiary/aromatic N) is 1. The lowest BCUT2D eigenvalue weighted by atomic mass is 9.60. The number of benzene rings is 2. The second-order valence-corrected chi connectivity index (χ2v) is 17.3. The van der Waals surface area contributed by atoms with Crippen molar-refractivity contribution in [2.75, 3.05) is 6.61 Å². The molecule has 0 spiro atoms. The number of pyridine rings is 1. The van der Waals surface area contributed by atoms with Crippen LogP contribution in [0.3, 0.4) is 0 Å². The Hall–Kier alpha value is -2.86. The van der Waals surface area contributed by atoms with E-state index in [-0.39, 0.29) is 16.8 Å². The molecule has 11 nitrogen and oxygen atoms in total. The quantitative estimate of drug-likeness (QED) is 0.175. The first-order valence-corrected chi connectivity index (χ1v) is 19.0. The van der Waals surface area contributed by atoms with Gasteiger partial charge in [0.25, 0.3) is 0 Å². The predicted octanol–water partition coefficient (Wildman–Crippen LogP) is 6.05. The SMILES string of the molecule is CCOc1ccc2cc(S(=O)(=O)NC3CCC(C(=O)N[C@@](c4ccccc4)(C(OP(=O)(O)O)C(C)(C)C)C(C)(C)C)CC3)ccc2n1. The fourth-order valence-electron chi connectivity index (χ4n) is 6.57. The number of amides is 1. The van der Waals surface area contributed by atoms with E-state index in [1.54, 1.807) is 24.3 Å². The van der Waals surface area contributed by atoms with Gasteiger partial charge in [-0.2, -0.15) is 0 Å². The molecular weight excluding hydrogens is 641 g/mol. The van der Waals surface area contributed by atoms with Crippen molar-refractivity contribution < 1.29 is 36.8 Å². The topological polar surface area (TPSA) is 164 Å². The third kappa shape index (κ3) is 8.60. The molecule has 13 heteroatoms. The molecule has 2 atom stereocenters. The second kappa shape index (κ2) is 13.9. The smallest absolute Gasteiger partial charge is 0.469 e. The number of aromatic nitrogens is 1. The van der Waals surface area contributed by atoms with E-state index < -0.39 is 46.2 Å². The van der Waals surface area contributed by atoms with Crippen molar-refractivity contribution in [2.45, 2.75) is 96.7 Å². The van der Waals surface area contributed by atoms with Crippen molar-refractivity contribution in [3.05, 3.63) is 66.2 Å². The highest BCUT2D eigenvalue weighted by Gasteiger charge is 2.57. The molecule has 0 saturated heterocycles. The van der Waals surface area contributed by atoms with Crippen LogP contribution in [0.15, 0.2) is 65.6 Å². The Morgan fingerprint density at radius 3 is 2.17 bits per heavy atom. The lowest BCUT2D eigenvalue weighted by Gasteiger charge is -2.54. The van der Waals surface area contributed by atoms with Crippen LogP contribution in [0.25, 0.3) is 10.9 Å². The molecule has 1 fully saturated rings. The van der Waals surface area contributed by atoms with Crippen molar-refractivity contribution in [2.24, 2.45) is 16.7 Å². The number of rotatable bonds is 11. The second-order valence-electron chi connectivity index (χ2n) is 14.4. The summed E-state index contributed by atoms with van der Waals surface area (Å²) in [5.41, 5.74) is -1.61. The molecule has 1 heterocycles. The summed E-state index contributed by atoms with van der Waals surface area (Å²) in [4.78, 5) is 38.7. The van der Waals surface area contributed by atoms with Gasteiger partial charge in [0.05, 0.1) is 22.6 Å². The van der Waals surface area contributed by atoms with Crippen LogP contribution in [0.4, 0.5) is 0 Å². The standard InChI is InChI=1S/C34H48N3O8PS/c1-8-44-29-21-16-24-22-27(19-20-28(24)35-29)47(42,43)37-26-17-14-23(15-18-26)30(38)36-34(33(5,6)7,25-12-10-9-11-13-25)31(32(2,3)4)45-46(39,40)41/h9-13,16,19-23,26,31,37H,8,14-15,17-18H2,1-7H3,(H,36,38)(H2,39,40,41)/t23?,26?,31?,34-/m0/s1. The van der Waals surface area contributed by atoms with Gasteiger partial charge in [-0.3, -0.25) is 9.32 Å². The molecule has 1 aliphatic carbocycles. The molecule has 1 aliphatic rings. The maximum absolute atomic E-state index is 14.1. The minimum absolute atomic E-state index is 0.131. The number of carbonyl (C=O) groups is 1. The summed E-state index contributed by atoms with van der Waals surface area (Å²) in [6.07, 6.45) is 0.623. The molecule has 1 saturated carbocycles. The molecule has 4 N–H and O–H groups in total. The van der Waals surface area contributed by atoms with Gasteiger partial charge in [0.2, 0.25) is 21.8 Å². The number of nitrogens with one attached hydrogen (secondary N) is 2. The van der Waals surface area contributed by atoms with Crippen molar-refractivity contribution in [3.8, 4) is 5.88 Å². The first kappa shape index (κ1) is 37.0. The normalized spacial score (nSPS) is 19.9. The van der Waals surface area contributed by atoms with Crippen LogP contribution in [0, 0.1) is 16.7 Å². The number of carbonyl (C=O) groups excluding carboxylic acids is 1. The molecule has 2 aromatic carbocycles. The van der Waals surface area contributed by atoms with Crippen LogP contribution >= 0.6 is 7.82 Å². The minimum atomic E-state index is -4.98. The number of phosphoric ester groups is 1. The van der Waals surface area contributed by atoms with Crippen LogP contribution in [0.2, 0.25) is 0 Å². The number of fused-ring (bicyclic) bond motifs is 1. The lowest BCUT2D eigenvalue weighted by molar-refractivity contribution is -0.137. The number of phosphoric acid groups is 1. The highest BCUT2D eigenvalue weighted by atomic mass is 32.2. The Morgan fingerprint density at radius 1 is 0.979 bits per heavy atom. The molecule has 1 aromatic heterocycles. The van der Waals surface area contributed by atoms with Crippen LogP contribution in [-0.4, -0.2) is 47.8 Å². The highest BCUT2D eigenvalue weighted by molar-refractivity contribution is 7.89. The average Bonchev–Trinajstić information content (AvgIpc) is 2.97. The molecule has 3 aromatic rings. The molecular formula is C34H48N3O8PS. The van der Waals surface area contributed by atoms with E-state index in [0.717, 1.165) is 0 Å². The first-order chi connectivity index (χ1) is 21.8. The number of sulfonamides is 1. The van der Waals surface area contributed by atoms with Crippen LogP contribution in [0.5, 0.6) is 5.88 Å². The maximum atomic E-state index is 14.1. The molecule has 4 rings (SSSR count). The van der Waals surface area contributed by atoms with E-state index in [0.29, 0.717) is 54.6 Å². The van der Waals surface area contributed by atoms with Gasteiger partial charge in [-0.15, -0.1) is 0 Å². The van der Waals surface area contributed by atoms with E-state index in [2.05, 4.69) is 15.0 Å². The van der Waals surface area contributed by atoms with Crippen molar-refractivity contribution in [1.29, 1.82) is 0 Å². The molecule has 1 unspecified atom stereocenters. The summed E-state index contributed by atoms with van der Waals surface area (Å²) in [5, 5.41) is 3.92. The fourth-order valence-corrected chi connectivity index (χ4v) is 8.65. The van der Waals surface area contributed by atoms with Gasteiger partial charge in [-0.25, -0.2) is 22.7 Å². The van der Waals surface area contributed by atoms with Gasteiger partial charge in [0.1, 0.15) is 6.10 Å². The lowest BCUT2D eigenvalue weighted by Crippen LogP contribution is -2.66. The molecule has 1 amide bonds. The molecule has 258 valence electrons. The maximum Gasteiger partial charge on any atom is 0.469 e. The van der Waals surface area contributed by atoms with Gasteiger partial charge in [0.15, 0.2) is 0 Å². The van der Waals surface area contributed by atoms with Gasteiger partial charge in [-0.1, -0.05) is 71.9 Å². The monoisotopic (exact) mass is 689 g/mol. The van der Waals surface area contributed by atoms with Crippen LogP contribution < -0.4 is 14.8 Å². The zero-order valence-electron chi connectivity index (χ0n) is 28.2. The third-order valence-electron chi connectivity index (χ3n) is 8.81. The Labute approximate surface area is 278 Å². The average molecular weight is 690 g/mol. The van der Waals surface area contributed by atoms with Crippen molar-refractivity contribution >= 4 is 34.7 Å². The first-order valence-electron chi connectivity index (χ1n) is 15.9. The molecule has 0 radical (unpaired) electrons. The molecule has 0 aliphatic heterocycles. The highest BCUT2D eigenvalue weighted by Crippen LogP contribution is 2.54. The number of hydrogen-bond donors (Lipinski definition) is 4. The van der Waals surface area contributed by atoms with Crippen molar-refractivity contribution in [1.82, 2.24) is 15.0 Å². The molecule has 47 heavy (non-hydrogen) atoms.